The molecule has 0 spiro atoms. The Morgan fingerprint density at radius 3 is 2.78 bits per heavy atom. The summed E-state index contributed by atoms with van der Waals surface area (Å²) in [4.78, 5) is 12.1. The van der Waals surface area contributed by atoms with Crippen LogP contribution in [-0.4, -0.2) is 10.4 Å². The van der Waals surface area contributed by atoms with Gasteiger partial charge in [-0.2, -0.15) is 0 Å². The number of ketones is 1. The van der Waals surface area contributed by atoms with Crippen LogP contribution >= 0.6 is 0 Å². The molecule has 0 N–H and O–H groups in total. The van der Waals surface area contributed by atoms with Crippen LogP contribution in [0.2, 0.25) is 0 Å². The lowest BCUT2D eigenvalue weighted by Gasteiger charge is -2.30. The number of carbonyl (C=O) groups is 1. The predicted molar refractivity (Wildman–Crippen MR) is 72.8 cm³/mol. The summed E-state index contributed by atoms with van der Waals surface area (Å²) in [6.07, 6.45) is 6.66. The first kappa shape index (κ1) is 12.0. The Hall–Kier alpha value is -1.05. The summed E-state index contributed by atoms with van der Waals surface area (Å²) in [6, 6.07) is 2.03. The van der Waals surface area contributed by atoms with Gasteiger partial charge in [-0.25, -0.2) is 0 Å². The summed E-state index contributed by atoms with van der Waals surface area (Å²) >= 11 is 0. The van der Waals surface area contributed by atoms with Gasteiger partial charge in [-0.15, -0.1) is 0 Å². The smallest absolute Gasteiger partial charge is 0.165 e. The van der Waals surface area contributed by atoms with Crippen molar-refractivity contribution in [3.8, 4) is 0 Å². The number of Topliss-reactive ketones (excluding diaryl/α,β-unsaturated/α-hetero) is 1. The van der Waals surface area contributed by atoms with Crippen LogP contribution in [0.4, 0.5) is 0 Å². The molecule has 3 rings (SSSR count). The molecule has 1 unspecified atom stereocenters. The molecule has 18 heavy (non-hydrogen) atoms. The molecule has 0 saturated heterocycles. The average Bonchev–Trinajstić information content (AvgIpc) is 3.03. The number of nitrogens with zero attached hydrogens (tertiary/aromatic N) is 1. The second-order valence-corrected chi connectivity index (χ2v) is 7.08. The molecule has 1 atom stereocenters. The van der Waals surface area contributed by atoms with Gasteiger partial charge in [0.2, 0.25) is 0 Å². The summed E-state index contributed by atoms with van der Waals surface area (Å²) in [6.45, 7) is 7.84. The van der Waals surface area contributed by atoms with Crippen LogP contribution in [0.3, 0.4) is 0 Å². The first-order valence-corrected chi connectivity index (χ1v) is 7.17. The normalized spacial score (nSPS) is 23.8. The van der Waals surface area contributed by atoms with Gasteiger partial charge in [0.05, 0.1) is 0 Å². The maximum Gasteiger partial charge on any atom is 0.165 e. The maximum atomic E-state index is 12.1. The van der Waals surface area contributed by atoms with Crippen molar-refractivity contribution in [2.45, 2.75) is 53.0 Å². The molecular weight excluding hydrogens is 222 g/mol. The molecule has 0 bridgehead atoms. The second kappa shape index (κ2) is 3.97. The highest BCUT2D eigenvalue weighted by atomic mass is 16.1. The Labute approximate surface area is 109 Å². The molecule has 2 aliphatic carbocycles. The van der Waals surface area contributed by atoms with Crippen molar-refractivity contribution in [2.24, 2.45) is 17.3 Å². The Kier molecular flexibility index (Phi) is 2.65. The van der Waals surface area contributed by atoms with E-state index in [1.54, 1.807) is 0 Å². The second-order valence-electron chi connectivity index (χ2n) is 7.08. The lowest BCUT2D eigenvalue weighted by atomic mass is 9.76. The van der Waals surface area contributed by atoms with Crippen molar-refractivity contribution in [1.82, 2.24) is 4.57 Å². The number of hydrogen-bond donors (Lipinski definition) is 0. The third-order valence-corrected chi connectivity index (χ3v) is 4.58. The highest BCUT2D eigenvalue weighted by Crippen LogP contribution is 2.39. The van der Waals surface area contributed by atoms with Gasteiger partial charge in [0, 0.05) is 30.4 Å². The number of carbonyl (C=O) groups excluding carboxylic acids is 1. The number of hydrogen-bond acceptors (Lipinski definition) is 1. The topological polar surface area (TPSA) is 22.0 Å². The van der Waals surface area contributed by atoms with E-state index < -0.39 is 0 Å². The summed E-state index contributed by atoms with van der Waals surface area (Å²) in [5.41, 5.74) is 2.39. The summed E-state index contributed by atoms with van der Waals surface area (Å²) in [7, 11) is 0. The molecule has 0 amide bonds. The van der Waals surface area contributed by atoms with Crippen molar-refractivity contribution in [2.75, 3.05) is 0 Å². The van der Waals surface area contributed by atoms with E-state index in [1.165, 1.54) is 18.5 Å². The number of rotatable bonds is 3. The molecule has 98 valence electrons. The Morgan fingerprint density at radius 1 is 1.39 bits per heavy atom. The zero-order valence-corrected chi connectivity index (χ0v) is 11.7. The highest BCUT2D eigenvalue weighted by Gasteiger charge is 2.34. The van der Waals surface area contributed by atoms with Crippen LogP contribution in [0, 0.1) is 17.3 Å². The van der Waals surface area contributed by atoms with Crippen LogP contribution in [0.1, 0.15) is 56.1 Å². The van der Waals surface area contributed by atoms with Crippen LogP contribution in [0.25, 0.3) is 0 Å². The summed E-state index contributed by atoms with van der Waals surface area (Å²) < 4.78 is 2.34. The molecule has 1 aromatic heterocycles. The largest absolute Gasteiger partial charge is 0.350 e. The molecule has 2 heteroatoms. The van der Waals surface area contributed by atoms with Gasteiger partial charge in [0.25, 0.3) is 0 Å². The molecule has 1 heterocycles. The molecule has 0 radical (unpaired) electrons. The highest BCUT2D eigenvalue weighted by molar-refractivity contribution is 5.98. The monoisotopic (exact) mass is 245 g/mol. The molecule has 1 saturated carbocycles. The van der Waals surface area contributed by atoms with Gasteiger partial charge >= 0.3 is 0 Å². The van der Waals surface area contributed by atoms with Gasteiger partial charge in [-0.05, 0) is 42.6 Å². The lowest BCUT2D eigenvalue weighted by Crippen LogP contribution is -2.28. The third kappa shape index (κ3) is 2.13. The molecule has 1 aromatic rings. The van der Waals surface area contributed by atoms with E-state index in [4.69, 9.17) is 0 Å². The fourth-order valence-electron chi connectivity index (χ4n) is 3.30. The fraction of sp³-hybridized carbons (Fsp3) is 0.688. The van der Waals surface area contributed by atoms with Crippen molar-refractivity contribution < 1.29 is 4.79 Å². The van der Waals surface area contributed by atoms with E-state index >= 15 is 0 Å². The molecule has 2 nitrogen and oxygen atoms in total. The third-order valence-electron chi connectivity index (χ3n) is 4.58. The van der Waals surface area contributed by atoms with E-state index in [9.17, 15) is 4.79 Å². The maximum absolute atomic E-state index is 12.1. The predicted octanol–water partition coefficient (Wildman–Crippen LogP) is 3.69. The van der Waals surface area contributed by atoms with E-state index in [0.717, 1.165) is 30.4 Å². The van der Waals surface area contributed by atoms with Crippen LogP contribution < -0.4 is 0 Å². The molecular formula is C16H23NO. The summed E-state index contributed by atoms with van der Waals surface area (Å²) in [5, 5.41) is 0. The van der Waals surface area contributed by atoms with Crippen LogP contribution in [0.5, 0.6) is 0 Å². The number of fused-ring (bicyclic) bond motifs is 1. The summed E-state index contributed by atoms with van der Waals surface area (Å²) in [5.74, 6) is 2.01. The van der Waals surface area contributed by atoms with Gasteiger partial charge in [0.1, 0.15) is 0 Å². The minimum atomic E-state index is 0.128. The minimum absolute atomic E-state index is 0.128. The van der Waals surface area contributed by atoms with E-state index in [0.29, 0.717) is 12.2 Å². The SMILES string of the molecule is CC(Cn1ccc2c1CC(C)(C)CC2=O)C1CC1. The van der Waals surface area contributed by atoms with Crippen LogP contribution in [-0.2, 0) is 13.0 Å². The van der Waals surface area contributed by atoms with Crippen molar-refractivity contribution in [3.05, 3.63) is 23.5 Å². The molecule has 2 aliphatic rings. The van der Waals surface area contributed by atoms with Gasteiger partial charge in [-0.1, -0.05) is 20.8 Å². The van der Waals surface area contributed by atoms with E-state index in [2.05, 4.69) is 31.5 Å². The van der Waals surface area contributed by atoms with Gasteiger partial charge in [0.15, 0.2) is 5.78 Å². The van der Waals surface area contributed by atoms with E-state index in [-0.39, 0.29) is 5.41 Å². The number of aromatic nitrogens is 1. The lowest BCUT2D eigenvalue weighted by molar-refractivity contribution is 0.0909. The Bertz CT molecular complexity index is 479. The van der Waals surface area contributed by atoms with Crippen molar-refractivity contribution in [1.29, 1.82) is 0 Å². The molecule has 0 aliphatic heterocycles. The standard InChI is InChI=1S/C16H23NO/c1-11(12-4-5-12)10-17-7-6-13-14(17)8-16(2,3)9-15(13)18/h6-7,11-12H,4-5,8-10H2,1-3H3. The Morgan fingerprint density at radius 2 is 2.11 bits per heavy atom. The van der Waals surface area contributed by atoms with Crippen LogP contribution in [0.15, 0.2) is 12.3 Å². The van der Waals surface area contributed by atoms with E-state index in [1.807, 2.05) is 6.07 Å². The van der Waals surface area contributed by atoms with Gasteiger partial charge < -0.3 is 4.57 Å². The minimum Gasteiger partial charge on any atom is -0.350 e. The van der Waals surface area contributed by atoms with Crippen molar-refractivity contribution in [3.63, 3.8) is 0 Å². The quantitative estimate of drug-likeness (QED) is 0.796. The first-order valence-electron chi connectivity index (χ1n) is 7.17. The molecule has 0 aromatic carbocycles. The fourth-order valence-corrected chi connectivity index (χ4v) is 3.30. The zero-order chi connectivity index (χ0) is 12.9. The first-order chi connectivity index (χ1) is 8.46. The molecule has 1 fully saturated rings. The van der Waals surface area contributed by atoms with Gasteiger partial charge in [-0.3, -0.25) is 4.79 Å². The Balaban J connectivity index is 1.86. The average molecular weight is 245 g/mol. The zero-order valence-electron chi connectivity index (χ0n) is 11.7. The van der Waals surface area contributed by atoms with Crippen molar-refractivity contribution >= 4 is 5.78 Å².